The zero-order chi connectivity index (χ0) is 15.5. The molecule has 3 nitrogen and oxygen atoms in total. The standard InChI is InChI=1S/C17H20O3S/c1-17(2,3)21(18,19)16-11-9-15(10-12-16)20-13-14-7-5-4-6-8-14/h4-12H,13H2,1-3H3. The summed E-state index contributed by atoms with van der Waals surface area (Å²) in [6.45, 7) is 5.55. The lowest BCUT2D eigenvalue weighted by atomic mass is 10.2. The topological polar surface area (TPSA) is 43.4 Å². The summed E-state index contributed by atoms with van der Waals surface area (Å²) in [6, 6.07) is 16.4. The molecule has 112 valence electrons. The van der Waals surface area contributed by atoms with Crippen molar-refractivity contribution < 1.29 is 13.2 Å². The Morgan fingerprint density at radius 2 is 1.48 bits per heavy atom. The van der Waals surface area contributed by atoms with Crippen molar-refractivity contribution in [2.45, 2.75) is 37.0 Å². The maximum atomic E-state index is 12.3. The Labute approximate surface area is 126 Å². The fourth-order valence-electron chi connectivity index (χ4n) is 1.81. The van der Waals surface area contributed by atoms with Gasteiger partial charge in [0, 0.05) is 0 Å². The predicted molar refractivity (Wildman–Crippen MR) is 84.2 cm³/mol. The molecule has 0 fully saturated rings. The van der Waals surface area contributed by atoms with Gasteiger partial charge in [0.25, 0.3) is 0 Å². The van der Waals surface area contributed by atoms with Gasteiger partial charge in [0.2, 0.25) is 0 Å². The average molecular weight is 304 g/mol. The molecule has 0 saturated heterocycles. The third-order valence-electron chi connectivity index (χ3n) is 3.19. The quantitative estimate of drug-likeness (QED) is 0.862. The van der Waals surface area contributed by atoms with Crippen molar-refractivity contribution in [2.75, 3.05) is 0 Å². The number of rotatable bonds is 4. The molecule has 4 heteroatoms. The van der Waals surface area contributed by atoms with Crippen LogP contribution in [0.5, 0.6) is 5.75 Å². The second-order valence-corrected chi connectivity index (χ2v) is 8.56. The van der Waals surface area contributed by atoms with Gasteiger partial charge in [-0.25, -0.2) is 8.42 Å². The highest BCUT2D eigenvalue weighted by molar-refractivity contribution is 7.92. The smallest absolute Gasteiger partial charge is 0.183 e. The van der Waals surface area contributed by atoms with Gasteiger partial charge in [-0.2, -0.15) is 0 Å². The fourth-order valence-corrected chi connectivity index (χ4v) is 3.01. The fraction of sp³-hybridized carbons (Fsp3) is 0.294. The van der Waals surface area contributed by atoms with Crippen molar-refractivity contribution in [3.63, 3.8) is 0 Å². The first kappa shape index (κ1) is 15.6. The molecule has 0 saturated carbocycles. The molecule has 2 aromatic rings. The van der Waals surface area contributed by atoms with Crippen molar-refractivity contribution >= 4 is 9.84 Å². The summed E-state index contributed by atoms with van der Waals surface area (Å²) in [6.07, 6.45) is 0. The van der Waals surface area contributed by atoms with Gasteiger partial charge in [0.05, 0.1) is 9.64 Å². The summed E-state index contributed by atoms with van der Waals surface area (Å²) in [5.41, 5.74) is 1.07. The van der Waals surface area contributed by atoms with Crippen LogP contribution in [0.25, 0.3) is 0 Å². The molecule has 2 aromatic carbocycles. The molecule has 0 aromatic heterocycles. The van der Waals surface area contributed by atoms with E-state index in [0.29, 0.717) is 17.3 Å². The van der Waals surface area contributed by atoms with Crippen LogP contribution in [-0.4, -0.2) is 13.2 Å². The van der Waals surface area contributed by atoms with Crippen molar-refractivity contribution in [1.29, 1.82) is 0 Å². The monoisotopic (exact) mass is 304 g/mol. The van der Waals surface area contributed by atoms with E-state index in [4.69, 9.17) is 4.74 Å². The molecular weight excluding hydrogens is 284 g/mol. The van der Waals surface area contributed by atoms with Crippen LogP contribution < -0.4 is 4.74 Å². The molecule has 0 atom stereocenters. The van der Waals surface area contributed by atoms with Crippen LogP contribution in [0.2, 0.25) is 0 Å². The van der Waals surface area contributed by atoms with Crippen molar-refractivity contribution in [3.8, 4) is 5.75 Å². The van der Waals surface area contributed by atoms with Gasteiger partial charge in [-0.1, -0.05) is 30.3 Å². The second kappa shape index (κ2) is 5.90. The van der Waals surface area contributed by atoms with E-state index in [-0.39, 0.29) is 0 Å². The lowest BCUT2D eigenvalue weighted by molar-refractivity contribution is 0.306. The Bertz CT molecular complexity index is 681. The summed E-state index contributed by atoms with van der Waals surface area (Å²) in [5, 5.41) is 0. The van der Waals surface area contributed by atoms with E-state index in [2.05, 4.69) is 0 Å². The van der Waals surface area contributed by atoms with Crippen LogP contribution in [0.3, 0.4) is 0 Å². The lowest BCUT2D eigenvalue weighted by Gasteiger charge is -2.19. The first-order valence-electron chi connectivity index (χ1n) is 6.82. The molecule has 0 aliphatic carbocycles. The SMILES string of the molecule is CC(C)(C)S(=O)(=O)c1ccc(OCc2ccccc2)cc1. The van der Waals surface area contributed by atoms with E-state index < -0.39 is 14.6 Å². The summed E-state index contributed by atoms with van der Waals surface area (Å²) >= 11 is 0. The molecule has 0 bridgehead atoms. The first-order chi connectivity index (χ1) is 9.80. The average Bonchev–Trinajstić information content (AvgIpc) is 2.45. The number of sulfone groups is 1. The predicted octanol–water partition coefficient (Wildman–Crippen LogP) is 3.84. The molecule has 2 rings (SSSR count). The van der Waals surface area contributed by atoms with Crippen LogP contribution in [0.1, 0.15) is 26.3 Å². The molecule has 0 heterocycles. The molecule has 0 amide bonds. The molecule has 0 aliphatic heterocycles. The molecule has 0 radical (unpaired) electrons. The summed E-state index contributed by atoms with van der Waals surface area (Å²) in [5.74, 6) is 0.659. The van der Waals surface area contributed by atoms with Gasteiger partial charge in [0.15, 0.2) is 9.84 Å². The maximum Gasteiger partial charge on any atom is 0.183 e. The Morgan fingerprint density at radius 1 is 0.905 bits per heavy atom. The van der Waals surface area contributed by atoms with Crippen LogP contribution in [-0.2, 0) is 16.4 Å². The van der Waals surface area contributed by atoms with E-state index in [0.717, 1.165) is 5.56 Å². The van der Waals surface area contributed by atoms with Gasteiger partial charge in [-0.3, -0.25) is 0 Å². The van der Waals surface area contributed by atoms with Crippen molar-refractivity contribution in [1.82, 2.24) is 0 Å². The molecule has 0 spiro atoms. The Morgan fingerprint density at radius 3 is 2.00 bits per heavy atom. The molecular formula is C17H20O3S. The van der Waals surface area contributed by atoms with E-state index in [1.54, 1.807) is 45.0 Å². The lowest BCUT2D eigenvalue weighted by Crippen LogP contribution is -2.27. The largest absolute Gasteiger partial charge is 0.489 e. The van der Waals surface area contributed by atoms with Gasteiger partial charge in [0.1, 0.15) is 12.4 Å². The van der Waals surface area contributed by atoms with Gasteiger partial charge in [-0.05, 0) is 50.6 Å². The van der Waals surface area contributed by atoms with E-state index in [1.165, 1.54) is 0 Å². The second-order valence-electron chi connectivity index (χ2n) is 5.86. The third kappa shape index (κ3) is 3.64. The highest BCUT2D eigenvalue weighted by Crippen LogP contribution is 2.26. The Balaban J connectivity index is 2.10. The minimum Gasteiger partial charge on any atom is -0.489 e. The third-order valence-corrected chi connectivity index (χ3v) is 5.69. The van der Waals surface area contributed by atoms with Crippen LogP contribution in [0, 0.1) is 0 Å². The number of ether oxygens (including phenoxy) is 1. The number of benzene rings is 2. The first-order valence-corrected chi connectivity index (χ1v) is 8.30. The molecule has 0 N–H and O–H groups in total. The normalized spacial score (nSPS) is 12.1. The maximum absolute atomic E-state index is 12.3. The summed E-state index contributed by atoms with van der Waals surface area (Å²) < 4.78 is 29.5. The number of hydrogen-bond donors (Lipinski definition) is 0. The van der Waals surface area contributed by atoms with Crippen molar-refractivity contribution in [2.24, 2.45) is 0 Å². The van der Waals surface area contributed by atoms with E-state index >= 15 is 0 Å². The van der Waals surface area contributed by atoms with Crippen LogP contribution >= 0.6 is 0 Å². The zero-order valence-electron chi connectivity index (χ0n) is 12.5. The highest BCUT2D eigenvalue weighted by atomic mass is 32.2. The minimum absolute atomic E-state index is 0.321. The van der Waals surface area contributed by atoms with Crippen LogP contribution in [0.15, 0.2) is 59.5 Å². The molecule has 0 unspecified atom stereocenters. The van der Waals surface area contributed by atoms with Crippen molar-refractivity contribution in [3.05, 3.63) is 60.2 Å². The molecule has 0 aliphatic rings. The van der Waals surface area contributed by atoms with Gasteiger partial charge >= 0.3 is 0 Å². The highest BCUT2D eigenvalue weighted by Gasteiger charge is 2.30. The Hall–Kier alpha value is -1.81. The minimum atomic E-state index is -3.32. The van der Waals surface area contributed by atoms with Gasteiger partial charge < -0.3 is 4.74 Å². The Kier molecular flexibility index (Phi) is 4.37. The van der Waals surface area contributed by atoms with Gasteiger partial charge in [-0.15, -0.1) is 0 Å². The van der Waals surface area contributed by atoms with E-state index in [9.17, 15) is 8.42 Å². The molecule has 21 heavy (non-hydrogen) atoms. The van der Waals surface area contributed by atoms with Crippen LogP contribution in [0.4, 0.5) is 0 Å². The zero-order valence-corrected chi connectivity index (χ0v) is 13.4. The van der Waals surface area contributed by atoms with E-state index in [1.807, 2.05) is 30.3 Å². The summed E-state index contributed by atoms with van der Waals surface area (Å²) in [7, 11) is -3.32. The summed E-state index contributed by atoms with van der Waals surface area (Å²) in [4.78, 5) is 0.321. The number of hydrogen-bond acceptors (Lipinski definition) is 3.